The number of hydrogen-bond donors (Lipinski definition) is 3. The van der Waals surface area contributed by atoms with E-state index in [1.165, 1.54) is 18.3 Å². The average Bonchev–Trinajstić information content (AvgIpc) is 2.97. The Bertz CT molecular complexity index is 722. The van der Waals surface area contributed by atoms with E-state index in [1.807, 2.05) is 0 Å². The Morgan fingerprint density at radius 1 is 1.17 bits per heavy atom. The van der Waals surface area contributed by atoms with Gasteiger partial charge >= 0.3 is 6.03 Å². The van der Waals surface area contributed by atoms with Gasteiger partial charge in [0.25, 0.3) is 0 Å². The maximum Gasteiger partial charge on any atom is 0.319 e. The first-order valence-electron chi connectivity index (χ1n) is 6.60. The number of amides is 3. The fourth-order valence-electron chi connectivity index (χ4n) is 1.80. The highest BCUT2D eigenvalue weighted by Gasteiger charge is 2.15. The topological polar surface area (TPSA) is 83.1 Å². The van der Waals surface area contributed by atoms with E-state index in [1.54, 1.807) is 18.5 Å². The van der Waals surface area contributed by atoms with Gasteiger partial charge in [-0.15, -0.1) is 11.3 Å². The SMILES string of the molecule is CC(=O)Nc1cc(NC(=O)NC(C)c2nccs2)c(F)cc1F. The van der Waals surface area contributed by atoms with Crippen LogP contribution < -0.4 is 16.0 Å². The predicted molar refractivity (Wildman–Crippen MR) is 83.3 cm³/mol. The minimum atomic E-state index is -0.950. The second kappa shape index (κ2) is 7.14. The standard InChI is InChI=1S/C14H14F2N4O2S/c1-7(13-17-3-4-23-13)18-14(22)20-12-6-11(19-8(2)21)9(15)5-10(12)16/h3-7H,1-2H3,(H,19,21)(H2,18,20,22). The molecule has 3 amide bonds. The molecule has 3 N–H and O–H groups in total. The Balaban J connectivity index is 2.09. The molecule has 0 aliphatic heterocycles. The molecule has 6 nitrogen and oxygen atoms in total. The fraction of sp³-hybridized carbons (Fsp3) is 0.214. The first-order chi connectivity index (χ1) is 10.9. The molecule has 1 atom stereocenters. The molecular weight excluding hydrogens is 326 g/mol. The number of halogens is 2. The zero-order valence-corrected chi connectivity index (χ0v) is 13.1. The molecule has 0 aliphatic carbocycles. The molecular formula is C14H14F2N4O2S. The number of nitrogens with zero attached hydrogens (tertiary/aromatic N) is 1. The third-order valence-corrected chi connectivity index (χ3v) is 3.74. The van der Waals surface area contributed by atoms with Crippen molar-refractivity contribution in [3.8, 4) is 0 Å². The molecule has 0 fully saturated rings. The van der Waals surface area contributed by atoms with Crippen LogP contribution in [0.3, 0.4) is 0 Å². The summed E-state index contributed by atoms with van der Waals surface area (Å²) in [5.74, 6) is -2.39. The number of benzene rings is 1. The van der Waals surface area contributed by atoms with Gasteiger partial charge < -0.3 is 16.0 Å². The quantitative estimate of drug-likeness (QED) is 0.799. The molecule has 122 valence electrons. The van der Waals surface area contributed by atoms with Gasteiger partial charge in [-0.2, -0.15) is 0 Å². The van der Waals surface area contributed by atoms with Crippen molar-refractivity contribution in [2.45, 2.75) is 19.9 Å². The number of rotatable bonds is 4. The van der Waals surface area contributed by atoms with E-state index in [4.69, 9.17) is 0 Å². The van der Waals surface area contributed by atoms with Gasteiger partial charge in [-0.25, -0.2) is 18.6 Å². The van der Waals surface area contributed by atoms with Crippen LogP contribution in [0.25, 0.3) is 0 Å². The molecule has 1 aromatic heterocycles. The van der Waals surface area contributed by atoms with Gasteiger partial charge in [0, 0.05) is 24.6 Å². The average molecular weight is 340 g/mol. The summed E-state index contributed by atoms with van der Waals surface area (Å²) in [6.07, 6.45) is 1.61. The lowest BCUT2D eigenvalue weighted by atomic mass is 10.2. The Kier molecular flexibility index (Phi) is 5.22. The van der Waals surface area contributed by atoms with Crippen LogP contribution in [-0.2, 0) is 4.79 Å². The number of hydrogen-bond acceptors (Lipinski definition) is 4. The first-order valence-corrected chi connectivity index (χ1v) is 7.48. The van der Waals surface area contributed by atoms with Crippen molar-refractivity contribution in [1.82, 2.24) is 10.3 Å². The van der Waals surface area contributed by atoms with Crippen LogP contribution in [-0.4, -0.2) is 16.9 Å². The maximum absolute atomic E-state index is 13.7. The lowest BCUT2D eigenvalue weighted by Crippen LogP contribution is -2.31. The summed E-state index contributed by atoms with van der Waals surface area (Å²) in [4.78, 5) is 26.9. The monoisotopic (exact) mass is 340 g/mol. The molecule has 2 rings (SSSR count). The minimum Gasteiger partial charge on any atom is -0.329 e. The van der Waals surface area contributed by atoms with E-state index >= 15 is 0 Å². The van der Waals surface area contributed by atoms with Crippen molar-refractivity contribution in [3.63, 3.8) is 0 Å². The Morgan fingerprint density at radius 2 is 1.83 bits per heavy atom. The van der Waals surface area contributed by atoms with Gasteiger partial charge in [-0.3, -0.25) is 4.79 Å². The Labute approximate surface area is 134 Å². The van der Waals surface area contributed by atoms with Crippen molar-refractivity contribution in [2.24, 2.45) is 0 Å². The molecule has 1 heterocycles. The molecule has 0 aliphatic rings. The van der Waals surface area contributed by atoms with Crippen LogP contribution >= 0.6 is 11.3 Å². The van der Waals surface area contributed by atoms with Gasteiger partial charge in [-0.05, 0) is 13.0 Å². The van der Waals surface area contributed by atoms with Gasteiger partial charge in [-0.1, -0.05) is 0 Å². The summed E-state index contributed by atoms with van der Waals surface area (Å²) in [6.45, 7) is 2.92. The first kappa shape index (κ1) is 16.8. The molecule has 0 saturated heterocycles. The molecule has 1 unspecified atom stereocenters. The number of anilines is 2. The lowest BCUT2D eigenvalue weighted by molar-refractivity contribution is -0.114. The van der Waals surface area contributed by atoms with Gasteiger partial charge in [0.2, 0.25) is 5.91 Å². The lowest BCUT2D eigenvalue weighted by Gasteiger charge is -2.14. The summed E-state index contributed by atoms with van der Waals surface area (Å²) in [5.41, 5.74) is -0.471. The normalized spacial score (nSPS) is 11.7. The highest BCUT2D eigenvalue weighted by atomic mass is 32.1. The van der Waals surface area contributed by atoms with Crippen molar-refractivity contribution in [1.29, 1.82) is 0 Å². The largest absolute Gasteiger partial charge is 0.329 e. The molecule has 0 bridgehead atoms. The van der Waals surface area contributed by atoms with Crippen LogP contribution in [0.15, 0.2) is 23.7 Å². The van der Waals surface area contributed by atoms with Crippen molar-refractivity contribution in [3.05, 3.63) is 40.4 Å². The second-order valence-electron chi connectivity index (χ2n) is 4.68. The highest BCUT2D eigenvalue weighted by molar-refractivity contribution is 7.09. The van der Waals surface area contributed by atoms with Gasteiger partial charge in [0.05, 0.1) is 17.4 Å². The smallest absolute Gasteiger partial charge is 0.319 e. The van der Waals surface area contributed by atoms with Crippen molar-refractivity contribution in [2.75, 3.05) is 10.6 Å². The maximum atomic E-state index is 13.7. The second-order valence-corrected chi connectivity index (χ2v) is 5.61. The summed E-state index contributed by atoms with van der Waals surface area (Å²) in [7, 11) is 0. The van der Waals surface area contributed by atoms with Gasteiger partial charge in [0.15, 0.2) is 0 Å². The van der Waals surface area contributed by atoms with E-state index in [2.05, 4.69) is 20.9 Å². The van der Waals surface area contributed by atoms with E-state index in [0.29, 0.717) is 11.1 Å². The predicted octanol–water partition coefficient (Wildman–Crippen LogP) is 3.26. The Hall–Kier alpha value is -2.55. The summed E-state index contributed by atoms with van der Waals surface area (Å²) >= 11 is 1.37. The van der Waals surface area contributed by atoms with E-state index < -0.39 is 23.6 Å². The third kappa shape index (κ3) is 4.46. The molecule has 9 heteroatoms. The van der Waals surface area contributed by atoms with Crippen LogP contribution in [0.2, 0.25) is 0 Å². The molecule has 0 saturated carbocycles. The number of aromatic nitrogens is 1. The van der Waals surface area contributed by atoms with Crippen molar-refractivity contribution < 1.29 is 18.4 Å². The molecule has 23 heavy (non-hydrogen) atoms. The van der Waals surface area contributed by atoms with Crippen LogP contribution in [0.4, 0.5) is 25.0 Å². The van der Waals surface area contributed by atoms with E-state index in [9.17, 15) is 18.4 Å². The number of urea groups is 1. The third-order valence-electron chi connectivity index (χ3n) is 2.79. The summed E-state index contributed by atoms with van der Waals surface area (Å²) in [6, 6.07) is 0.561. The molecule has 0 spiro atoms. The van der Waals surface area contributed by atoms with Crippen LogP contribution in [0.5, 0.6) is 0 Å². The summed E-state index contributed by atoms with van der Waals surface area (Å²) < 4.78 is 27.3. The number of carbonyl (C=O) groups excluding carboxylic acids is 2. The van der Waals surface area contributed by atoms with Gasteiger partial charge in [0.1, 0.15) is 16.6 Å². The Morgan fingerprint density at radius 3 is 2.39 bits per heavy atom. The fourth-order valence-corrected chi connectivity index (χ4v) is 2.44. The molecule has 1 aromatic carbocycles. The van der Waals surface area contributed by atoms with Crippen molar-refractivity contribution >= 4 is 34.6 Å². The van der Waals surface area contributed by atoms with Crippen LogP contribution in [0.1, 0.15) is 24.9 Å². The number of thiazole rings is 1. The zero-order chi connectivity index (χ0) is 17.0. The molecule has 0 radical (unpaired) electrons. The van der Waals surface area contributed by atoms with Crippen LogP contribution in [0, 0.1) is 11.6 Å². The van der Waals surface area contributed by atoms with E-state index in [-0.39, 0.29) is 17.4 Å². The number of carbonyl (C=O) groups is 2. The highest BCUT2D eigenvalue weighted by Crippen LogP contribution is 2.24. The zero-order valence-electron chi connectivity index (χ0n) is 12.3. The molecule has 2 aromatic rings. The summed E-state index contributed by atoms with van der Waals surface area (Å²) in [5, 5.41) is 9.54. The van der Waals surface area contributed by atoms with E-state index in [0.717, 1.165) is 6.07 Å². The number of nitrogens with one attached hydrogen (secondary N) is 3. The minimum absolute atomic E-state index is 0.220.